The van der Waals surface area contributed by atoms with E-state index in [1.54, 1.807) is 12.1 Å². The van der Waals surface area contributed by atoms with Crippen LogP contribution in [-0.2, 0) is 14.3 Å². The Kier molecular flexibility index (Phi) is 4.60. The Morgan fingerprint density at radius 3 is 2.39 bits per heavy atom. The maximum atomic E-state index is 10.5. The molecule has 1 heterocycles. The second kappa shape index (κ2) is 6.01. The first-order valence-corrected chi connectivity index (χ1v) is 6.73. The Bertz CT molecular complexity index is 434. The highest BCUT2D eigenvalue weighted by molar-refractivity contribution is 9.11. The van der Waals surface area contributed by atoms with Gasteiger partial charge in [0.2, 0.25) is 0 Å². The zero-order chi connectivity index (χ0) is 13.1. The summed E-state index contributed by atoms with van der Waals surface area (Å²) in [4.78, 5) is 10.5. The van der Waals surface area contributed by atoms with Gasteiger partial charge in [0.1, 0.15) is 5.75 Å². The summed E-state index contributed by atoms with van der Waals surface area (Å²) in [5.74, 6) is -0.584. The molecule has 7 heteroatoms. The molecule has 1 aliphatic rings. The fourth-order valence-corrected chi connectivity index (χ4v) is 2.99. The molecular formula is C11H10Br2O5. The van der Waals surface area contributed by atoms with Crippen molar-refractivity contribution in [3.63, 3.8) is 0 Å². The van der Waals surface area contributed by atoms with Gasteiger partial charge in [-0.15, -0.1) is 0 Å². The SMILES string of the molecule is O=C(O)COc1c(Br)cc(C2OCCO2)cc1Br. The number of carboxylic acid groups (broad SMARTS) is 1. The van der Waals surface area contributed by atoms with Gasteiger partial charge in [0.05, 0.1) is 22.2 Å². The minimum atomic E-state index is -1.03. The number of aliphatic carboxylic acids is 1. The number of rotatable bonds is 4. The number of benzene rings is 1. The third-order valence-electron chi connectivity index (χ3n) is 2.25. The first kappa shape index (κ1) is 13.8. The van der Waals surface area contributed by atoms with Crippen LogP contribution in [0.25, 0.3) is 0 Å². The fourth-order valence-electron chi connectivity index (χ4n) is 1.54. The summed E-state index contributed by atoms with van der Waals surface area (Å²) in [6, 6.07) is 3.58. The van der Waals surface area contributed by atoms with Gasteiger partial charge in [-0.1, -0.05) is 0 Å². The van der Waals surface area contributed by atoms with E-state index in [0.29, 0.717) is 27.9 Å². The maximum Gasteiger partial charge on any atom is 0.341 e. The highest BCUT2D eigenvalue weighted by Crippen LogP contribution is 2.37. The molecule has 0 unspecified atom stereocenters. The molecule has 0 radical (unpaired) electrons. The standard InChI is InChI=1S/C11H10Br2O5/c12-7-3-6(11-16-1-2-17-11)4-8(13)10(7)18-5-9(14)15/h3-4,11H,1-2,5H2,(H,14,15). The van der Waals surface area contributed by atoms with Gasteiger partial charge in [-0.2, -0.15) is 0 Å². The molecule has 0 spiro atoms. The van der Waals surface area contributed by atoms with Crippen LogP contribution < -0.4 is 4.74 Å². The number of carbonyl (C=O) groups is 1. The van der Waals surface area contributed by atoms with E-state index in [1.807, 2.05) is 0 Å². The highest BCUT2D eigenvalue weighted by Gasteiger charge is 2.21. The molecule has 1 aliphatic heterocycles. The van der Waals surface area contributed by atoms with Crippen LogP contribution in [0.15, 0.2) is 21.1 Å². The number of hydrogen-bond donors (Lipinski definition) is 1. The number of ether oxygens (including phenoxy) is 3. The summed E-state index contributed by atoms with van der Waals surface area (Å²) >= 11 is 6.67. The van der Waals surface area contributed by atoms with Crippen LogP contribution in [0.5, 0.6) is 5.75 Å². The molecule has 0 bridgehead atoms. The molecule has 0 saturated carbocycles. The minimum absolute atomic E-state index is 0.383. The Hall–Kier alpha value is -0.630. The fraction of sp³-hybridized carbons (Fsp3) is 0.364. The van der Waals surface area contributed by atoms with Crippen LogP contribution in [0.1, 0.15) is 11.9 Å². The van der Waals surface area contributed by atoms with Crippen molar-refractivity contribution in [3.8, 4) is 5.75 Å². The summed E-state index contributed by atoms with van der Waals surface area (Å²) in [6.07, 6.45) is -0.383. The maximum absolute atomic E-state index is 10.5. The Morgan fingerprint density at radius 2 is 1.89 bits per heavy atom. The van der Waals surface area contributed by atoms with Crippen molar-refractivity contribution in [2.45, 2.75) is 6.29 Å². The van der Waals surface area contributed by atoms with Crippen LogP contribution >= 0.6 is 31.9 Å². The molecule has 1 N–H and O–H groups in total. The van der Waals surface area contributed by atoms with Crippen molar-refractivity contribution in [1.29, 1.82) is 0 Å². The molecule has 0 aromatic heterocycles. The lowest BCUT2D eigenvalue weighted by molar-refractivity contribution is -0.139. The summed E-state index contributed by atoms with van der Waals surface area (Å²) in [6.45, 7) is 0.737. The molecule has 98 valence electrons. The molecular weight excluding hydrogens is 372 g/mol. The van der Waals surface area contributed by atoms with E-state index in [1.165, 1.54) is 0 Å². The Labute approximate surface area is 120 Å². The van der Waals surface area contributed by atoms with Gasteiger partial charge in [0.15, 0.2) is 12.9 Å². The van der Waals surface area contributed by atoms with Crippen LogP contribution in [0.2, 0.25) is 0 Å². The molecule has 1 aromatic carbocycles. The predicted molar refractivity (Wildman–Crippen MR) is 69.6 cm³/mol. The van der Waals surface area contributed by atoms with Crippen molar-refractivity contribution < 1.29 is 24.1 Å². The van der Waals surface area contributed by atoms with Crippen molar-refractivity contribution in [3.05, 3.63) is 26.6 Å². The Morgan fingerprint density at radius 1 is 1.33 bits per heavy atom. The summed E-state index contributed by atoms with van der Waals surface area (Å²) < 4.78 is 17.2. The minimum Gasteiger partial charge on any atom is -0.480 e. The average Bonchev–Trinajstić information content (AvgIpc) is 2.80. The second-order valence-corrected chi connectivity index (χ2v) is 5.28. The largest absolute Gasteiger partial charge is 0.480 e. The quantitative estimate of drug-likeness (QED) is 0.868. The third kappa shape index (κ3) is 3.23. The van der Waals surface area contributed by atoms with Gasteiger partial charge in [-0.25, -0.2) is 4.79 Å². The predicted octanol–water partition coefficient (Wildman–Crippen LogP) is 2.72. The third-order valence-corrected chi connectivity index (χ3v) is 3.43. The van der Waals surface area contributed by atoms with E-state index in [9.17, 15) is 4.79 Å². The van der Waals surface area contributed by atoms with Crippen LogP contribution in [-0.4, -0.2) is 30.9 Å². The van der Waals surface area contributed by atoms with Crippen molar-refractivity contribution in [2.24, 2.45) is 0 Å². The molecule has 2 rings (SSSR count). The second-order valence-electron chi connectivity index (χ2n) is 3.57. The smallest absolute Gasteiger partial charge is 0.341 e. The number of halogens is 2. The lowest BCUT2D eigenvalue weighted by atomic mass is 10.2. The molecule has 18 heavy (non-hydrogen) atoms. The van der Waals surface area contributed by atoms with Gasteiger partial charge in [0.25, 0.3) is 0 Å². The van der Waals surface area contributed by atoms with Crippen LogP contribution in [0.3, 0.4) is 0 Å². The molecule has 0 atom stereocenters. The first-order chi connectivity index (χ1) is 8.58. The number of hydrogen-bond acceptors (Lipinski definition) is 4. The summed E-state index contributed by atoms with van der Waals surface area (Å²) in [7, 11) is 0. The topological polar surface area (TPSA) is 65.0 Å². The lowest BCUT2D eigenvalue weighted by Crippen LogP contribution is -2.10. The van der Waals surface area contributed by atoms with Gasteiger partial charge in [-0.3, -0.25) is 0 Å². The van der Waals surface area contributed by atoms with E-state index in [0.717, 1.165) is 5.56 Å². The molecule has 1 aromatic rings. The summed E-state index contributed by atoms with van der Waals surface area (Å²) in [5, 5.41) is 8.59. The van der Waals surface area contributed by atoms with E-state index in [2.05, 4.69) is 31.9 Å². The monoisotopic (exact) mass is 380 g/mol. The van der Waals surface area contributed by atoms with E-state index >= 15 is 0 Å². The molecule has 1 saturated heterocycles. The van der Waals surface area contributed by atoms with E-state index in [4.69, 9.17) is 19.3 Å². The van der Waals surface area contributed by atoms with E-state index in [-0.39, 0.29) is 6.29 Å². The van der Waals surface area contributed by atoms with Gasteiger partial charge >= 0.3 is 5.97 Å². The Balaban J connectivity index is 2.20. The zero-order valence-corrected chi connectivity index (χ0v) is 12.4. The van der Waals surface area contributed by atoms with Gasteiger partial charge in [0, 0.05) is 5.56 Å². The molecule has 0 aliphatic carbocycles. The van der Waals surface area contributed by atoms with Crippen molar-refractivity contribution in [1.82, 2.24) is 0 Å². The normalized spacial score (nSPS) is 15.9. The zero-order valence-electron chi connectivity index (χ0n) is 9.19. The van der Waals surface area contributed by atoms with Crippen molar-refractivity contribution >= 4 is 37.8 Å². The van der Waals surface area contributed by atoms with Crippen molar-refractivity contribution in [2.75, 3.05) is 19.8 Å². The first-order valence-electron chi connectivity index (χ1n) is 5.14. The molecule has 5 nitrogen and oxygen atoms in total. The highest BCUT2D eigenvalue weighted by atomic mass is 79.9. The summed E-state index contributed by atoms with van der Waals surface area (Å²) in [5.41, 5.74) is 0.842. The average molecular weight is 382 g/mol. The van der Waals surface area contributed by atoms with E-state index < -0.39 is 12.6 Å². The van der Waals surface area contributed by atoms with Crippen LogP contribution in [0, 0.1) is 0 Å². The van der Waals surface area contributed by atoms with Crippen LogP contribution in [0.4, 0.5) is 0 Å². The van der Waals surface area contributed by atoms with Gasteiger partial charge in [-0.05, 0) is 44.0 Å². The van der Waals surface area contributed by atoms with Gasteiger partial charge < -0.3 is 19.3 Å². The number of carboxylic acids is 1. The molecule has 1 fully saturated rings. The lowest BCUT2D eigenvalue weighted by Gasteiger charge is -2.14. The molecule has 0 amide bonds.